The molecule has 0 radical (unpaired) electrons. The van der Waals surface area contributed by atoms with Crippen molar-refractivity contribution in [1.29, 1.82) is 0 Å². The second-order valence-electron chi connectivity index (χ2n) is 4.46. The summed E-state index contributed by atoms with van der Waals surface area (Å²) in [4.78, 5) is 0. The average Bonchev–Trinajstić information content (AvgIpc) is 1.87. The molecule has 1 nitrogen and oxygen atoms in total. The van der Waals surface area contributed by atoms with E-state index in [1.54, 1.807) is 0 Å². The van der Waals surface area contributed by atoms with E-state index < -0.39 is 0 Å². The van der Waals surface area contributed by atoms with Gasteiger partial charge in [-0.1, -0.05) is 20.8 Å². The van der Waals surface area contributed by atoms with E-state index in [1.165, 1.54) is 6.42 Å². The number of rotatable bonds is 0. The lowest BCUT2D eigenvalue weighted by Crippen LogP contribution is -2.58. The van der Waals surface area contributed by atoms with Crippen LogP contribution in [-0.2, 0) is 4.74 Å². The first-order valence-electron chi connectivity index (χ1n) is 4.24. The van der Waals surface area contributed by atoms with Crippen molar-refractivity contribution in [2.45, 2.75) is 33.3 Å². The number of ether oxygens (including phenoxy) is 1. The molecular formula is C9H16O. The van der Waals surface area contributed by atoms with E-state index in [4.69, 9.17) is 4.74 Å². The van der Waals surface area contributed by atoms with Crippen molar-refractivity contribution in [3.8, 4) is 0 Å². The Morgan fingerprint density at radius 3 is 2.40 bits per heavy atom. The van der Waals surface area contributed by atoms with E-state index in [0.717, 1.165) is 18.4 Å². The van der Waals surface area contributed by atoms with Gasteiger partial charge in [-0.2, -0.15) is 0 Å². The lowest BCUT2D eigenvalue weighted by Gasteiger charge is -2.58. The molecule has 0 spiro atoms. The highest BCUT2D eigenvalue weighted by molar-refractivity contribution is 5.02. The van der Waals surface area contributed by atoms with E-state index in [0.29, 0.717) is 11.5 Å². The SMILES string of the molecule is CC1COC2CC1C2(C)C. The molecule has 1 heteroatoms. The summed E-state index contributed by atoms with van der Waals surface area (Å²) in [7, 11) is 0. The van der Waals surface area contributed by atoms with E-state index in [9.17, 15) is 0 Å². The van der Waals surface area contributed by atoms with Gasteiger partial charge in [0.1, 0.15) is 0 Å². The molecule has 2 heterocycles. The van der Waals surface area contributed by atoms with Crippen LogP contribution in [0, 0.1) is 17.3 Å². The highest BCUT2D eigenvalue weighted by atomic mass is 16.5. The Labute approximate surface area is 62.8 Å². The third kappa shape index (κ3) is 0.619. The Morgan fingerprint density at radius 1 is 1.40 bits per heavy atom. The maximum atomic E-state index is 5.67. The monoisotopic (exact) mass is 140 g/mol. The minimum absolute atomic E-state index is 0.484. The molecule has 0 aromatic carbocycles. The standard InChI is InChI=1S/C9H16O/c1-6-5-10-8-4-7(6)9(8,2)3/h6-8H,4-5H2,1-3H3. The fourth-order valence-electron chi connectivity index (χ4n) is 2.55. The Morgan fingerprint density at radius 2 is 2.10 bits per heavy atom. The maximum absolute atomic E-state index is 5.67. The topological polar surface area (TPSA) is 9.23 Å². The fourth-order valence-corrected chi connectivity index (χ4v) is 2.55. The first-order valence-corrected chi connectivity index (χ1v) is 4.24. The molecule has 3 atom stereocenters. The van der Waals surface area contributed by atoms with Crippen molar-refractivity contribution in [2.75, 3.05) is 6.61 Å². The molecule has 3 fully saturated rings. The Bertz CT molecular complexity index is 149. The van der Waals surface area contributed by atoms with Crippen LogP contribution in [-0.4, -0.2) is 12.7 Å². The summed E-state index contributed by atoms with van der Waals surface area (Å²) in [6.45, 7) is 7.98. The van der Waals surface area contributed by atoms with Crippen LogP contribution in [0.25, 0.3) is 0 Å². The average molecular weight is 140 g/mol. The maximum Gasteiger partial charge on any atom is 0.0631 e. The van der Waals surface area contributed by atoms with E-state index >= 15 is 0 Å². The molecule has 0 aromatic rings. The Balaban J connectivity index is 2.16. The van der Waals surface area contributed by atoms with Gasteiger partial charge in [-0.3, -0.25) is 0 Å². The molecule has 3 aliphatic rings. The molecule has 10 heavy (non-hydrogen) atoms. The molecule has 0 N–H and O–H groups in total. The van der Waals surface area contributed by atoms with Crippen molar-refractivity contribution in [2.24, 2.45) is 17.3 Å². The van der Waals surface area contributed by atoms with Crippen molar-refractivity contribution in [1.82, 2.24) is 0 Å². The van der Waals surface area contributed by atoms with Gasteiger partial charge >= 0.3 is 0 Å². The lowest BCUT2D eigenvalue weighted by molar-refractivity contribution is -0.217. The summed E-state index contributed by atoms with van der Waals surface area (Å²) in [5, 5.41) is 0. The van der Waals surface area contributed by atoms with Crippen LogP contribution < -0.4 is 0 Å². The van der Waals surface area contributed by atoms with Crippen LogP contribution in [0.2, 0.25) is 0 Å². The zero-order chi connectivity index (χ0) is 7.35. The molecule has 1 aliphatic carbocycles. The molecule has 3 unspecified atom stereocenters. The third-order valence-corrected chi connectivity index (χ3v) is 3.50. The van der Waals surface area contributed by atoms with Crippen LogP contribution in [0.1, 0.15) is 27.2 Å². The third-order valence-electron chi connectivity index (χ3n) is 3.50. The second kappa shape index (κ2) is 1.76. The minimum Gasteiger partial charge on any atom is -0.377 e. The molecule has 2 aliphatic heterocycles. The van der Waals surface area contributed by atoms with Gasteiger partial charge in [0.25, 0.3) is 0 Å². The van der Waals surface area contributed by atoms with Gasteiger partial charge in [0.15, 0.2) is 0 Å². The van der Waals surface area contributed by atoms with E-state index in [2.05, 4.69) is 20.8 Å². The molecule has 3 rings (SSSR count). The predicted octanol–water partition coefficient (Wildman–Crippen LogP) is 2.07. The fraction of sp³-hybridized carbons (Fsp3) is 1.00. The van der Waals surface area contributed by atoms with Gasteiger partial charge in [0, 0.05) is 6.61 Å². The summed E-state index contributed by atoms with van der Waals surface area (Å²) >= 11 is 0. The zero-order valence-electron chi connectivity index (χ0n) is 7.05. The summed E-state index contributed by atoms with van der Waals surface area (Å²) in [5.74, 6) is 1.73. The first kappa shape index (κ1) is 6.66. The summed E-state index contributed by atoms with van der Waals surface area (Å²) < 4.78 is 5.67. The molecule has 0 aromatic heterocycles. The highest BCUT2D eigenvalue weighted by Gasteiger charge is 2.54. The van der Waals surface area contributed by atoms with Crippen LogP contribution in [0.15, 0.2) is 0 Å². The molecule has 2 saturated heterocycles. The number of hydrogen-bond acceptors (Lipinski definition) is 1. The number of hydrogen-bond donors (Lipinski definition) is 0. The van der Waals surface area contributed by atoms with Crippen LogP contribution in [0.5, 0.6) is 0 Å². The molecule has 58 valence electrons. The molecule has 0 amide bonds. The van der Waals surface area contributed by atoms with Gasteiger partial charge in [-0.25, -0.2) is 0 Å². The Hall–Kier alpha value is -0.0400. The second-order valence-corrected chi connectivity index (χ2v) is 4.46. The molecule has 1 saturated carbocycles. The largest absolute Gasteiger partial charge is 0.377 e. The zero-order valence-corrected chi connectivity index (χ0v) is 7.05. The van der Waals surface area contributed by atoms with Crippen molar-refractivity contribution >= 4 is 0 Å². The van der Waals surface area contributed by atoms with Gasteiger partial charge in [-0.05, 0) is 23.7 Å². The van der Waals surface area contributed by atoms with Gasteiger partial charge < -0.3 is 4.74 Å². The summed E-state index contributed by atoms with van der Waals surface area (Å²) in [6, 6.07) is 0. The molecule has 2 bridgehead atoms. The lowest BCUT2D eigenvalue weighted by atomic mass is 9.54. The van der Waals surface area contributed by atoms with E-state index in [-0.39, 0.29) is 0 Å². The summed E-state index contributed by atoms with van der Waals surface area (Å²) in [5.41, 5.74) is 0.484. The predicted molar refractivity (Wildman–Crippen MR) is 40.8 cm³/mol. The normalized spacial score (nSPS) is 50.1. The number of fused-ring (bicyclic) bond motifs is 2. The minimum atomic E-state index is 0.484. The van der Waals surface area contributed by atoms with Gasteiger partial charge in [0.05, 0.1) is 6.10 Å². The van der Waals surface area contributed by atoms with Crippen LogP contribution in [0.3, 0.4) is 0 Å². The Kier molecular flexibility index (Phi) is 1.17. The smallest absolute Gasteiger partial charge is 0.0631 e. The van der Waals surface area contributed by atoms with Crippen LogP contribution in [0.4, 0.5) is 0 Å². The van der Waals surface area contributed by atoms with E-state index in [1.807, 2.05) is 0 Å². The van der Waals surface area contributed by atoms with Crippen LogP contribution >= 0.6 is 0 Å². The summed E-state index contributed by atoms with van der Waals surface area (Å²) in [6.07, 6.45) is 1.89. The quantitative estimate of drug-likeness (QED) is 0.500. The highest BCUT2D eigenvalue weighted by Crippen LogP contribution is 2.54. The van der Waals surface area contributed by atoms with Crippen molar-refractivity contribution in [3.05, 3.63) is 0 Å². The van der Waals surface area contributed by atoms with Gasteiger partial charge in [0.2, 0.25) is 0 Å². The first-order chi connectivity index (χ1) is 4.62. The van der Waals surface area contributed by atoms with Crippen molar-refractivity contribution < 1.29 is 4.74 Å². The van der Waals surface area contributed by atoms with Gasteiger partial charge in [-0.15, -0.1) is 0 Å². The van der Waals surface area contributed by atoms with Crippen molar-refractivity contribution in [3.63, 3.8) is 0 Å². The molecular weight excluding hydrogens is 124 g/mol.